The van der Waals surface area contributed by atoms with Gasteiger partial charge in [0.2, 0.25) is 0 Å². The zero-order chi connectivity index (χ0) is 10.5. The minimum Gasteiger partial charge on any atom is -0.360 e. The van der Waals surface area contributed by atoms with E-state index in [9.17, 15) is 0 Å². The molecule has 1 aromatic heterocycles. The molecule has 0 atom stereocenters. The molecule has 1 fully saturated rings. The summed E-state index contributed by atoms with van der Waals surface area (Å²) in [5, 5.41) is 8.03. The molecule has 80 valence electrons. The van der Waals surface area contributed by atoms with E-state index in [2.05, 4.69) is 9.88 Å². The van der Waals surface area contributed by atoms with E-state index in [-0.39, 0.29) is 0 Å². The third-order valence-corrected chi connectivity index (χ3v) is 2.86. The highest BCUT2D eigenvalue weighted by Gasteiger charge is 2.13. The van der Waals surface area contributed by atoms with Gasteiger partial charge in [0.1, 0.15) is 5.84 Å². The van der Waals surface area contributed by atoms with Crippen molar-refractivity contribution in [1.29, 1.82) is 5.41 Å². The first-order valence-electron chi connectivity index (χ1n) is 5.57. The molecule has 15 heavy (non-hydrogen) atoms. The second-order valence-electron chi connectivity index (χ2n) is 4.03. The lowest BCUT2D eigenvalue weighted by atomic mass is 10.1. The Labute approximate surface area is 90.6 Å². The molecule has 2 rings (SSSR count). The van der Waals surface area contributed by atoms with Gasteiger partial charge in [-0.1, -0.05) is 0 Å². The minimum atomic E-state index is 0.739. The lowest BCUT2D eigenvalue weighted by Gasteiger charge is -2.29. The van der Waals surface area contributed by atoms with Gasteiger partial charge >= 0.3 is 0 Å². The van der Waals surface area contributed by atoms with E-state index >= 15 is 0 Å². The van der Waals surface area contributed by atoms with Crippen LogP contribution in [0.2, 0.25) is 0 Å². The van der Waals surface area contributed by atoms with Gasteiger partial charge in [-0.05, 0) is 37.0 Å². The van der Waals surface area contributed by atoms with Crippen LogP contribution in [-0.2, 0) is 6.42 Å². The first kappa shape index (κ1) is 10.1. The van der Waals surface area contributed by atoms with Crippen LogP contribution >= 0.6 is 0 Å². The Morgan fingerprint density at radius 1 is 1.20 bits per heavy atom. The summed E-state index contributed by atoms with van der Waals surface area (Å²) in [4.78, 5) is 6.18. The maximum Gasteiger partial charge on any atom is 0.100 e. The molecule has 0 aliphatic carbocycles. The third-order valence-electron chi connectivity index (χ3n) is 2.86. The zero-order valence-electron chi connectivity index (χ0n) is 8.95. The van der Waals surface area contributed by atoms with Gasteiger partial charge in [0.25, 0.3) is 0 Å². The number of nitrogens with one attached hydrogen (secondary N) is 1. The van der Waals surface area contributed by atoms with Gasteiger partial charge in [-0.3, -0.25) is 10.4 Å². The molecule has 0 aromatic carbocycles. The van der Waals surface area contributed by atoms with Crippen LogP contribution in [0.15, 0.2) is 24.5 Å². The van der Waals surface area contributed by atoms with Crippen molar-refractivity contribution in [3.05, 3.63) is 30.1 Å². The van der Waals surface area contributed by atoms with E-state index in [1.165, 1.54) is 24.8 Å². The van der Waals surface area contributed by atoms with E-state index in [1.54, 1.807) is 12.4 Å². The van der Waals surface area contributed by atoms with Gasteiger partial charge in [0.15, 0.2) is 0 Å². The molecular formula is C12H17N3. The van der Waals surface area contributed by atoms with Gasteiger partial charge in [0, 0.05) is 31.9 Å². The highest BCUT2D eigenvalue weighted by atomic mass is 15.2. The number of aromatic nitrogens is 1. The molecule has 2 heterocycles. The van der Waals surface area contributed by atoms with Crippen molar-refractivity contribution in [3.8, 4) is 0 Å². The molecule has 1 aliphatic heterocycles. The Hall–Kier alpha value is -1.38. The van der Waals surface area contributed by atoms with E-state index in [0.717, 1.165) is 25.3 Å². The van der Waals surface area contributed by atoms with Crippen molar-refractivity contribution in [2.24, 2.45) is 0 Å². The van der Waals surface area contributed by atoms with Crippen LogP contribution in [0.3, 0.4) is 0 Å². The van der Waals surface area contributed by atoms with E-state index in [4.69, 9.17) is 5.41 Å². The summed E-state index contributed by atoms with van der Waals surface area (Å²) >= 11 is 0. The van der Waals surface area contributed by atoms with Crippen molar-refractivity contribution < 1.29 is 0 Å². The predicted molar refractivity (Wildman–Crippen MR) is 61.1 cm³/mol. The molecule has 1 aromatic rings. The quantitative estimate of drug-likeness (QED) is 0.590. The topological polar surface area (TPSA) is 40.0 Å². The summed E-state index contributed by atoms with van der Waals surface area (Å²) < 4.78 is 0. The molecule has 0 radical (unpaired) electrons. The number of hydrogen-bond donors (Lipinski definition) is 1. The van der Waals surface area contributed by atoms with Gasteiger partial charge < -0.3 is 4.90 Å². The number of piperidine rings is 1. The van der Waals surface area contributed by atoms with Crippen molar-refractivity contribution in [1.82, 2.24) is 9.88 Å². The largest absolute Gasteiger partial charge is 0.360 e. The van der Waals surface area contributed by atoms with Crippen LogP contribution < -0.4 is 0 Å². The Bertz CT molecular complexity index is 315. The van der Waals surface area contributed by atoms with Crippen molar-refractivity contribution >= 4 is 5.84 Å². The monoisotopic (exact) mass is 203 g/mol. The summed E-state index contributed by atoms with van der Waals surface area (Å²) in [6.07, 6.45) is 8.11. The molecule has 3 heteroatoms. The summed E-state index contributed by atoms with van der Waals surface area (Å²) in [6.45, 7) is 2.12. The maximum absolute atomic E-state index is 8.03. The van der Waals surface area contributed by atoms with Crippen LogP contribution in [0.25, 0.3) is 0 Å². The molecule has 1 aliphatic rings. The molecule has 0 bridgehead atoms. The lowest BCUT2D eigenvalue weighted by Crippen LogP contribution is -2.36. The van der Waals surface area contributed by atoms with Crippen LogP contribution in [-0.4, -0.2) is 28.8 Å². The van der Waals surface area contributed by atoms with Crippen LogP contribution in [0.5, 0.6) is 0 Å². The third kappa shape index (κ3) is 2.78. The van der Waals surface area contributed by atoms with E-state index in [1.807, 2.05) is 12.1 Å². The molecule has 1 saturated heterocycles. The highest BCUT2D eigenvalue weighted by molar-refractivity contribution is 5.81. The van der Waals surface area contributed by atoms with Gasteiger partial charge in [-0.15, -0.1) is 0 Å². The summed E-state index contributed by atoms with van der Waals surface area (Å²) in [5.41, 5.74) is 1.18. The lowest BCUT2D eigenvalue weighted by molar-refractivity contribution is 0.336. The average molecular weight is 203 g/mol. The number of pyridine rings is 1. The van der Waals surface area contributed by atoms with E-state index in [0.29, 0.717) is 0 Å². The Morgan fingerprint density at radius 3 is 2.53 bits per heavy atom. The number of nitrogens with zero attached hydrogens (tertiary/aromatic N) is 2. The Morgan fingerprint density at radius 2 is 1.87 bits per heavy atom. The molecule has 0 amide bonds. The number of hydrogen-bond acceptors (Lipinski definition) is 2. The van der Waals surface area contributed by atoms with Gasteiger partial charge in [0.05, 0.1) is 0 Å². The standard InChI is InChI=1S/C12H17N3/c13-12(15-8-2-1-3-9-15)10-11-4-6-14-7-5-11/h4-7,13H,1-3,8-10H2. The second-order valence-corrected chi connectivity index (χ2v) is 4.03. The van der Waals surface area contributed by atoms with Gasteiger partial charge in [-0.2, -0.15) is 0 Å². The number of rotatable bonds is 2. The normalized spacial score (nSPS) is 16.4. The fourth-order valence-electron chi connectivity index (χ4n) is 1.97. The van der Waals surface area contributed by atoms with Crippen molar-refractivity contribution in [3.63, 3.8) is 0 Å². The smallest absolute Gasteiger partial charge is 0.100 e. The first-order valence-corrected chi connectivity index (χ1v) is 5.57. The Balaban J connectivity index is 1.91. The van der Waals surface area contributed by atoms with Crippen molar-refractivity contribution in [2.45, 2.75) is 25.7 Å². The maximum atomic E-state index is 8.03. The fraction of sp³-hybridized carbons (Fsp3) is 0.500. The molecule has 1 N–H and O–H groups in total. The summed E-state index contributed by atoms with van der Waals surface area (Å²) in [7, 11) is 0. The Kier molecular flexibility index (Phi) is 3.33. The van der Waals surface area contributed by atoms with Crippen LogP contribution in [0.4, 0.5) is 0 Å². The second kappa shape index (κ2) is 4.91. The average Bonchev–Trinajstić information content (AvgIpc) is 2.31. The van der Waals surface area contributed by atoms with Crippen LogP contribution in [0.1, 0.15) is 24.8 Å². The highest BCUT2D eigenvalue weighted by Crippen LogP contribution is 2.11. The number of amidine groups is 1. The van der Waals surface area contributed by atoms with Gasteiger partial charge in [-0.25, -0.2) is 0 Å². The van der Waals surface area contributed by atoms with Crippen molar-refractivity contribution in [2.75, 3.05) is 13.1 Å². The fourth-order valence-corrected chi connectivity index (χ4v) is 1.97. The molecule has 0 spiro atoms. The SMILES string of the molecule is N=C(Cc1ccncc1)N1CCCCC1. The van der Waals surface area contributed by atoms with Crippen LogP contribution in [0, 0.1) is 5.41 Å². The summed E-state index contributed by atoms with van der Waals surface area (Å²) in [6, 6.07) is 3.97. The minimum absolute atomic E-state index is 0.739. The summed E-state index contributed by atoms with van der Waals surface area (Å²) in [5.74, 6) is 0.751. The van der Waals surface area contributed by atoms with E-state index < -0.39 is 0 Å². The first-order chi connectivity index (χ1) is 7.36. The zero-order valence-corrected chi connectivity index (χ0v) is 8.95. The number of likely N-dealkylation sites (tertiary alicyclic amines) is 1. The molecular weight excluding hydrogens is 186 g/mol. The molecule has 3 nitrogen and oxygen atoms in total. The predicted octanol–water partition coefficient (Wildman–Crippen LogP) is 2.09. The molecule has 0 saturated carbocycles. The molecule has 0 unspecified atom stereocenters.